The maximum atomic E-state index is 11.6. The minimum absolute atomic E-state index is 0.00102. The molecule has 0 aliphatic carbocycles. The molecular weight excluding hydrogens is 190 g/mol. The van der Waals surface area contributed by atoms with Crippen LogP contribution in [0.15, 0.2) is 0 Å². The summed E-state index contributed by atoms with van der Waals surface area (Å²) in [6.07, 6.45) is 1.73. The highest BCUT2D eigenvalue weighted by molar-refractivity contribution is 5.81. The third-order valence-corrected chi connectivity index (χ3v) is 3.21. The first-order valence-electron chi connectivity index (χ1n) is 5.79. The Labute approximate surface area is 92.2 Å². The van der Waals surface area contributed by atoms with Crippen molar-refractivity contribution in [2.45, 2.75) is 38.8 Å². The second-order valence-electron chi connectivity index (χ2n) is 4.66. The highest BCUT2D eigenvalue weighted by Crippen LogP contribution is 2.15. The van der Waals surface area contributed by atoms with Gasteiger partial charge in [-0.3, -0.25) is 4.79 Å². The van der Waals surface area contributed by atoms with Crippen molar-refractivity contribution in [1.29, 1.82) is 0 Å². The molecule has 1 amide bonds. The van der Waals surface area contributed by atoms with Gasteiger partial charge in [0, 0.05) is 12.6 Å². The molecule has 0 aromatic rings. The summed E-state index contributed by atoms with van der Waals surface area (Å²) in [6, 6.07) is -0.0526. The fourth-order valence-electron chi connectivity index (χ4n) is 2.04. The summed E-state index contributed by atoms with van der Waals surface area (Å²) in [5.74, 6) is 0.510. The van der Waals surface area contributed by atoms with Crippen LogP contribution in [0.5, 0.6) is 0 Å². The van der Waals surface area contributed by atoms with Crippen molar-refractivity contribution in [2.24, 2.45) is 11.7 Å². The lowest BCUT2D eigenvalue weighted by Crippen LogP contribution is -2.52. The monoisotopic (exact) mass is 213 g/mol. The number of amides is 1. The van der Waals surface area contributed by atoms with Gasteiger partial charge in [0.25, 0.3) is 0 Å². The lowest BCUT2D eigenvalue weighted by atomic mass is 9.94. The Morgan fingerprint density at radius 2 is 2.33 bits per heavy atom. The first-order chi connectivity index (χ1) is 7.04. The van der Waals surface area contributed by atoms with Crippen molar-refractivity contribution in [1.82, 2.24) is 10.2 Å². The van der Waals surface area contributed by atoms with E-state index in [1.165, 1.54) is 0 Å². The van der Waals surface area contributed by atoms with Gasteiger partial charge in [0.15, 0.2) is 0 Å². The summed E-state index contributed by atoms with van der Waals surface area (Å²) in [5, 5.41) is 3.05. The number of hydrogen-bond donors (Lipinski definition) is 2. The highest BCUT2D eigenvalue weighted by Gasteiger charge is 2.26. The second-order valence-corrected chi connectivity index (χ2v) is 4.66. The predicted molar refractivity (Wildman–Crippen MR) is 61.5 cm³/mol. The van der Waals surface area contributed by atoms with Crippen molar-refractivity contribution in [3.8, 4) is 0 Å². The normalized spacial score (nSPS) is 29.9. The average molecular weight is 213 g/mol. The van der Waals surface area contributed by atoms with Crippen LogP contribution in [-0.4, -0.2) is 43.0 Å². The maximum absolute atomic E-state index is 11.6. The summed E-state index contributed by atoms with van der Waals surface area (Å²) in [4.78, 5) is 13.9. The van der Waals surface area contributed by atoms with Crippen LogP contribution >= 0.6 is 0 Å². The van der Waals surface area contributed by atoms with Gasteiger partial charge in [0.2, 0.25) is 5.91 Å². The molecule has 1 heterocycles. The largest absolute Gasteiger partial charge is 0.352 e. The zero-order valence-electron chi connectivity index (χ0n) is 9.99. The van der Waals surface area contributed by atoms with Crippen LogP contribution in [0, 0.1) is 5.92 Å². The number of nitrogens with one attached hydrogen (secondary N) is 1. The maximum Gasteiger partial charge on any atom is 0.237 e. The minimum Gasteiger partial charge on any atom is -0.352 e. The second kappa shape index (κ2) is 5.47. The molecule has 4 heteroatoms. The van der Waals surface area contributed by atoms with E-state index >= 15 is 0 Å². The van der Waals surface area contributed by atoms with E-state index in [-0.39, 0.29) is 11.9 Å². The standard InChI is InChI=1S/C11H23N3O/c1-4-9(12)11(15)13-10-5-6-14(3)7-8(10)2/h8-10H,4-7,12H2,1-3H3,(H,13,15)/t8?,9-,10?/m0/s1. The molecule has 0 radical (unpaired) electrons. The molecule has 1 aliphatic rings. The first kappa shape index (κ1) is 12.5. The molecule has 0 spiro atoms. The Hall–Kier alpha value is -0.610. The molecule has 0 bridgehead atoms. The number of piperidine rings is 1. The molecule has 1 fully saturated rings. The molecule has 3 atom stereocenters. The Morgan fingerprint density at radius 3 is 2.87 bits per heavy atom. The third-order valence-electron chi connectivity index (χ3n) is 3.21. The van der Waals surface area contributed by atoms with E-state index in [2.05, 4.69) is 24.2 Å². The average Bonchev–Trinajstić information content (AvgIpc) is 2.20. The molecule has 1 rings (SSSR count). The lowest BCUT2D eigenvalue weighted by molar-refractivity contribution is -0.123. The van der Waals surface area contributed by atoms with Crippen LogP contribution in [0.2, 0.25) is 0 Å². The molecule has 88 valence electrons. The van der Waals surface area contributed by atoms with Crippen LogP contribution in [-0.2, 0) is 4.79 Å². The van der Waals surface area contributed by atoms with Gasteiger partial charge in [0.1, 0.15) is 0 Å². The summed E-state index contributed by atoms with van der Waals surface area (Å²) >= 11 is 0. The zero-order chi connectivity index (χ0) is 11.4. The number of nitrogens with two attached hydrogens (primary N) is 1. The molecule has 15 heavy (non-hydrogen) atoms. The van der Waals surface area contributed by atoms with E-state index in [1.54, 1.807) is 0 Å². The Bertz CT molecular complexity index is 220. The summed E-state index contributed by atoms with van der Waals surface area (Å²) in [5.41, 5.74) is 5.68. The van der Waals surface area contributed by atoms with E-state index < -0.39 is 0 Å². The zero-order valence-corrected chi connectivity index (χ0v) is 9.99. The Morgan fingerprint density at radius 1 is 1.67 bits per heavy atom. The number of likely N-dealkylation sites (tertiary alicyclic amines) is 1. The summed E-state index contributed by atoms with van der Waals surface area (Å²) < 4.78 is 0. The van der Waals surface area contributed by atoms with Gasteiger partial charge in [0.05, 0.1) is 6.04 Å². The topological polar surface area (TPSA) is 58.4 Å². The molecule has 1 saturated heterocycles. The SMILES string of the molecule is CC[C@H](N)C(=O)NC1CCN(C)CC1C. The minimum atomic E-state index is -0.350. The third kappa shape index (κ3) is 3.47. The van der Waals surface area contributed by atoms with Crippen molar-refractivity contribution < 1.29 is 4.79 Å². The van der Waals surface area contributed by atoms with Crippen LogP contribution < -0.4 is 11.1 Å². The molecule has 2 unspecified atom stereocenters. The number of nitrogens with zero attached hydrogens (tertiary/aromatic N) is 1. The molecule has 1 aliphatic heterocycles. The van der Waals surface area contributed by atoms with Crippen LogP contribution in [0.1, 0.15) is 26.7 Å². The highest BCUT2D eigenvalue weighted by atomic mass is 16.2. The fourth-order valence-corrected chi connectivity index (χ4v) is 2.04. The van der Waals surface area contributed by atoms with Gasteiger partial charge in [-0.1, -0.05) is 13.8 Å². The van der Waals surface area contributed by atoms with Crippen molar-refractivity contribution in [3.05, 3.63) is 0 Å². The summed E-state index contributed by atoms with van der Waals surface area (Å²) in [7, 11) is 2.12. The lowest BCUT2D eigenvalue weighted by Gasteiger charge is -2.35. The molecule has 3 N–H and O–H groups in total. The van der Waals surface area contributed by atoms with Gasteiger partial charge in [-0.05, 0) is 32.4 Å². The van der Waals surface area contributed by atoms with E-state index in [0.29, 0.717) is 18.4 Å². The molecule has 0 aromatic carbocycles. The molecule has 0 saturated carbocycles. The first-order valence-corrected chi connectivity index (χ1v) is 5.79. The van der Waals surface area contributed by atoms with Crippen LogP contribution in [0.4, 0.5) is 0 Å². The fraction of sp³-hybridized carbons (Fsp3) is 0.909. The van der Waals surface area contributed by atoms with Crippen molar-refractivity contribution in [3.63, 3.8) is 0 Å². The van der Waals surface area contributed by atoms with Crippen molar-refractivity contribution in [2.75, 3.05) is 20.1 Å². The van der Waals surface area contributed by atoms with Gasteiger partial charge < -0.3 is 16.0 Å². The quantitative estimate of drug-likeness (QED) is 0.703. The molecule has 0 aromatic heterocycles. The summed E-state index contributed by atoms with van der Waals surface area (Å²) in [6.45, 7) is 6.21. The predicted octanol–water partition coefficient (Wildman–Crippen LogP) is 0.180. The van der Waals surface area contributed by atoms with E-state index in [0.717, 1.165) is 19.5 Å². The number of carbonyl (C=O) groups excluding carboxylic acids is 1. The number of carbonyl (C=O) groups is 1. The Balaban J connectivity index is 2.41. The van der Waals surface area contributed by atoms with E-state index in [1.807, 2.05) is 6.92 Å². The molecular formula is C11H23N3O. The van der Waals surface area contributed by atoms with Crippen LogP contribution in [0.3, 0.4) is 0 Å². The van der Waals surface area contributed by atoms with E-state index in [4.69, 9.17) is 5.73 Å². The van der Waals surface area contributed by atoms with Gasteiger partial charge in [-0.15, -0.1) is 0 Å². The Kier molecular flexibility index (Phi) is 4.54. The van der Waals surface area contributed by atoms with Gasteiger partial charge in [-0.25, -0.2) is 0 Å². The van der Waals surface area contributed by atoms with Crippen molar-refractivity contribution >= 4 is 5.91 Å². The number of hydrogen-bond acceptors (Lipinski definition) is 3. The van der Waals surface area contributed by atoms with Gasteiger partial charge in [-0.2, -0.15) is 0 Å². The molecule has 4 nitrogen and oxygen atoms in total. The van der Waals surface area contributed by atoms with Crippen LogP contribution in [0.25, 0.3) is 0 Å². The smallest absolute Gasteiger partial charge is 0.237 e. The number of rotatable bonds is 3. The van der Waals surface area contributed by atoms with Gasteiger partial charge >= 0.3 is 0 Å². The van der Waals surface area contributed by atoms with E-state index in [9.17, 15) is 4.79 Å².